The molecule has 0 unspecified atom stereocenters. The maximum Gasteiger partial charge on any atom is 0.120 e. The van der Waals surface area contributed by atoms with Crippen LogP contribution in [0.3, 0.4) is 0 Å². The van der Waals surface area contributed by atoms with E-state index in [9.17, 15) is 5.11 Å². The van der Waals surface area contributed by atoms with Gasteiger partial charge in [-0.2, -0.15) is 0 Å². The lowest BCUT2D eigenvalue weighted by molar-refractivity contribution is 0.446. The Hall–Kier alpha value is -3.32. The van der Waals surface area contributed by atoms with E-state index in [1.807, 2.05) is 6.07 Å². The van der Waals surface area contributed by atoms with Gasteiger partial charge in [0, 0.05) is 5.56 Å². The summed E-state index contributed by atoms with van der Waals surface area (Å²) in [5.41, 5.74) is 5.89. The third kappa shape index (κ3) is 4.05. The van der Waals surface area contributed by atoms with Gasteiger partial charge in [-0.25, -0.2) is 0 Å². The maximum absolute atomic E-state index is 11.8. The SMILES string of the molecule is CC(C)(C)c1ccc(O)c(C(c2ccccc2)(c2ccccc2)c2ccccc2)c1C(C)(C)C. The summed E-state index contributed by atoms with van der Waals surface area (Å²) < 4.78 is 0. The molecule has 1 heteroatoms. The standard InChI is InChI=1S/C33H36O/c1-31(2,3)27-22-23-28(34)30(29(27)32(4,5)6)33(24-16-10-7-11-17-24,25-18-12-8-13-19-25)26-20-14-9-15-21-26/h7-23,34H,1-6H3. The second-order valence-corrected chi connectivity index (χ2v) is 11.2. The molecule has 1 nitrogen and oxygen atoms in total. The Morgan fingerprint density at radius 2 is 0.824 bits per heavy atom. The molecule has 0 fully saturated rings. The Balaban J connectivity index is 2.32. The van der Waals surface area contributed by atoms with Crippen molar-refractivity contribution in [3.8, 4) is 5.75 Å². The van der Waals surface area contributed by atoms with Crippen molar-refractivity contribution in [1.29, 1.82) is 0 Å². The smallest absolute Gasteiger partial charge is 0.120 e. The fourth-order valence-electron chi connectivity index (χ4n) is 5.37. The largest absolute Gasteiger partial charge is 0.508 e. The van der Waals surface area contributed by atoms with Crippen LogP contribution in [0.1, 0.15) is 74.9 Å². The molecule has 0 aliphatic carbocycles. The number of hydrogen-bond donors (Lipinski definition) is 1. The summed E-state index contributed by atoms with van der Waals surface area (Å²) in [5, 5.41) is 11.8. The van der Waals surface area contributed by atoms with Crippen LogP contribution in [0.2, 0.25) is 0 Å². The van der Waals surface area contributed by atoms with E-state index in [1.54, 1.807) is 0 Å². The molecule has 0 amide bonds. The second kappa shape index (κ2) is 8.80. The van der Waals surface area contributed by atoms with Crippen LogP contribution in [0.4, 0.5) is 0 Å². The minimum absolute atomic E-state index is 0.0825. The lowest BCUT2D eigenvalue weighted by atomic mass is 9.60. The Labute approximate surface area is 205 Å². The van der Waals surface area contributed by atoms with Crippen molar-refractivity contribution in [2.24, 2.45) is 0 Å². The first-order valence-corrected chi connectivity index (χ1v) is 12.1. The summed E-state index contributed by atoms with van der Waals surface area (Å²) in [6, 6.07) is 35.9. The lowest BCUT2D eigenvalue weighted by Crippen LogP contribution is -2.36. The molecule has 0 atom stereocenters. The zero-order chi connectivity index (χ0) is 24.6. The first-order valence-electron chi connectivity index (χ1n) is 12.1. The van der Waals surface area contributed by atoms with E-state index in [-0.39, 0.29) is 10.8 Å². The van der Waals surface area contributed by atoms with Gasteiger partial charge in [0.05, 0.1) is 5.41 Å². The fourth-order valence-corrected chi connectivity index (χ4v) is 5.37. The molecule has 174 valence electrons. The molecule has 4 rings (SSSR count). The Morgan fingerprint density at radius 1 is 0.441 bits per heavy atom. The van der Waals surface area contributed by atoms with Crippen molar-refractivity contribution in [2.45, 2.75) is 57.8 Å². The van der Waals surface area contributed by atoms with Crippen LogP contribution in [-0.4, -0.2) is 5.11 Å². The zero-order valence-corrected chi connectivity index (χ0v) is 21.3. The molecular formula is C33H36O. The van der Waals surface area contributed by atoms with Crippen LogP contribution in [-0.2, 0) is 16.2 Å². The number of benzene rings is 4. The molecule has 0 aromatic heterocycles. The van der Waals surface area contributed by atoms with Crippen molar-refractivity contribution in [3.63, 3.8) is 0 Å². The van der Waals surface area contributed by atoms with Gasteiger partial charge in [-0.3, -0.25) is 0 Å². The van der Waals surface area contributed by atoms with Crippen LogP contribution in [0.15, 0.2) is 103 Å². The summed E-state index contributed by atoms with van der Waals surface area (Å²) in [4.78, 5) is 0. The zero-order valence-electron chi connectivity index (χ0n) is 21.3. The van der Waals surface area contributed by atoms with E-state index in [4.69, 9.17) is 0 Å². The number of phenolic OH excluding ortho intramolecular Hbond substituents is 1. The van der Waals surface area contributed by atoms with E-state index < -0.39 is 5.41 Å². The molecule has 4 aromatic rings. The van der Waals surface area contributed by atoms with Gasteiger partial charge in [-0.1, -0.05) is 139 Å². The van der Waals surface area contributed by atoms with Gasteiger partial charge >= 0.3 is 0 Å². The molecule has 0 aliphatic heterocycles. The van der Waals surface area contributed by atoms with Crippen LogP contribution < -0.4 is 0 Å². The van der Waals surface area contributed by atoms with Crippen molar-refractivity contribution >= 4 is 0 Å². The number of phenols is 1. The molecule has 34 heavy (non-hydrogen) atoms. The summed E-state index contributed by atoms with van der Waals surface area (Å²) in [6.07, 6.45) is 0. The third-order valence-corrected chi connectivity index (χ3v) is 6.74. The lowest BCUT2D eigenvalue weighted by Gasteiger charge is -2.43. The summed E-state index contributed by atoms with van der Waals surface area (Å²) in [6.45, 7) is 13.5. The molecule has 0 spiro atoms. The highest BCUT2D eigenvalue weighted by molar-refractivity contribution is 5.67. The molecular weight excluding hydrogens is 412 g/mol. The highest BCUT2D eigenvalue weighted by Crippen LogP contribution is 2.53. The van der Waals surface area contributed by atoms with Crippen LogP contribution in [0, 0.1) is 0 Å². The molecule has 0 aliphatic rings. The van der Waals surface area contributed by atoms with E-state index in [1.165, 1.54) is 11.1 Å². The Kier molecular flexibility index (Phi) is 6.16. The van der Waals surface area contributed by atoms with Crippen molar-refractivity contribution in [2.75, 3.05) is 0 Å². The highest BCUT2D eigenvalue weighted by atomic mass is 16.3. The molecule has 0 bridgehead atoms. The van der Waals surface area contributed by atoms with Gasteiger partial charge in [0.1, 0.15) is 5.75 Å². The van der Waals surface area contributed by atoms with Crippen molar-refractivity contribution < 1.29 is 5.11 Å². The number of rotatable bonds is 4. The summed E-state index contributed by atoms with van der Waals surface area (Å²) in [7, 11) is 0. The molecule has 0 saturated heterocycles. The third-order valence-electron chi connectivity index (χ3n) is 6.74. The monoisotopic (exact) mass is 448 g/mol. The van der Waals surface area contributed by atoms with E-state index >= 15 is 0 Å². The maximum atomic E-state index is 11.8. The van der Waals surface area contributed by atoms with Gasteiger partial charge in [0.15, 0.2) is 0 Å². The van der Waals surface area contributed by atoms with E-state index in [0.717, 1.165) is 22.3 Å². The first kappa shape index (κ1) is 23.8. The number of hydrogen-bond acceptors (Lipinski definition) is 1. The Bertz CT molecular complexity index is 1140. The molecule has 0 saturated carbocycles. The summed E-state index contributed by atoms with van der Waals surface area (Å²) >= 11 is 0. The van der Waals surface area contributed by atoms with Crippen LogP contribution in [0.5, 0.6) is 5.75 Å². The topological polar surface area (TPSA) is 20.2 Å². The normalized spacial score (nSPS) is 12.5. The van der Waals surface area contributed by atoms with Gasteiger partial charge in [0.25, 0.3) is 0 Å². The first-order chi connectivity index (χ1) is 16.1. The molecule has 0 radical (unpaired) electrons. The van der Waals surface area contributed by atoms with Gasteiger partial charge in [-0.15, -0.1) is 0 Å². The quantitative estimate of drug-likeness (QED) is 0.311. The molecule has 1 N–H and O–H groups in total. The van der Waals surface area contributed by atoms with E-state index in [2.05, 4.69) is 139 Å². The van der Waals surface area contributed by atoms with Gasteiger partial charge in [0.2, 0.25) is 0 Å². The van der Waals surface area contributed by atoms with Crippen LogP contribution >= 0.6 is 0 Å². The average molecular weight is 449 g/mol. The fraction of sp³-hybridized carbons (Fsp3) is 0.273. The van der Waals surface area contributed by atoms with Gasteiger partial charge < -0.3 is 5.11 Å². The highest BCUT2D eigenvalue weighted by Gasteiger charge is 2.45. The minimum atomic E-state index is -0.683. The summed E-state index contributed by atoms with van der Waals surface area (Å²) in [5.74, 6) is 0.328. The van der Waals surface area contributed by atoms with Crippen molar-refractivity contribution in [3.05, 3.63) is 137 Å². The molecule has 0 heterocycles. The predicted molar refractivity (Wildman–Crippen MR) is 144 cm³/mol. The van der Waals surface area contributed by atoms with Gasteiger partial charge in [-0.05, 0) is 44.7 Å². The van der Waals surface area contributed by atoms with E-state index in [0.29, 0.717) is 5.75 Å². The molecule has 4 aromatic carbocycles. The van der Waals surface area contributed by atoms with Crippen molar-refractivity contribution in [1.82, 2.24) is 0 Å². The second-order valence-electron chi connectivity index (χ2n) is 11.2. The number of aromatic hydroxyl groups is 1. The average Bonchev–Trinajstić information content (AvgIpc) is 2.81. The van der Waals surface area contributed by atoms with Crippen LogP contribution in [0.25, 0.3) is 0 Å². The minimum Gasteiger partial charge on any atom is -0.508 e. The Morgan fingerprint density at radius 3 is 1.15 bits per heavy atom. The predicted octanol–water partition coefficient (Wildman–Crippen LogP) is 8.37.